The van der Waals surface area contributed by atoms with Crippen LogP contribution in [0.3, 0.4) is 0 Å². The summed E-state index contributed by atoms with van der Waals surface area (Å²) >= 11 is 0. The van der Waals surface area contributed by atoms with Crippen LogP contribution in [0.15, 0.2) is 18.2 Å². The van der Waals surface area contributed by atoms with Crippen LogP contribution in [-0.2, 0) is 19.4 Å². The number of nitrogens with one attached hydrogen (secondary N) is 1. The van der Waals surface area contributed by atoms with Gasteiger partial charge >= 0.3 is 0 Å². The van der Waals surface area contributed by atoms with E-state index in [0.717, 1.165) is 25.9 Å². The molecule has 1 aromatic carbocycles. The lowest BCUT2D eigenvalue weighted by Crippen LogP contribution is -2.11. The fourth-order valence-corrected chi connectivity index (χ4v) is 2.15. The first-order valence-electron chi connectivity index (χ1n) is 5.82. The molecule has 1 aromatic rings. The Hall–Kier alpha value is -0.860. The molecule has 0 saturated heterocycles. The van der Waals surface area contributed by atoms with Crippen molar-refractivity contribution in [2.24, 2.45) is 0 Å². The van der Waals surface area contributed by atoms with Gasteiger partial charge in [-0.3, -0.25) is 0 Å². The second-order valence-electron chi connectivity index (χ2n) is 4.21. The molecule has 0 aromatic heterocycles. The Labute approximate surface area is 91.3 Å². The van der Waals surface area contributed by atoms with E-state index < -0.39 is 0 Å². The van der Waals surface area contributed by atoms with Crippen LogP contribution >= 0.6 is 0 Å². The first-order chi connectivity index (χ1) is 7.40. The number of rotatable bonds is 3. The van der Waals surface area contributed by atoms with Crippen LogP contribution in [0.25, 0.3) is 0 Å². The summed E-state index contributed by atoms with van der Waals surface area (Å²) in [6.07, 6.45) is 4.29. The Morgan fingerprint density at radius 3 is 3.07 bits per heavy atom. The maximum atomic E-state index is 8.80. The predicted octanol–water partition coefficient (Wildman–Crippen LogP) is 1.65. The number of fused-ring (bicyclic) bond motifs is 1. The minimum Gasteiger partial charge on any atom is -0.396 e. The molecule has 0 bridgehead atoms. The third-order valence-corrected chi connectivity index (χ3v) is 3.01. The molecular weight excluding hydrogens is 186 g/mol. The second kappa shape index (κ2) is 5.29. The lowest BCUT2D eigenvalue weighted by molar-refractivity contribution is 0.288. The summed E-state index contributed by atoms with van der Waals surface area (Å²) in [7, 11) is 0. The Morgan fingerprint density at radius 2 is 2.20 bits per heavy atom. The fourth-order valence-electron chi connectivity index (χ4n) is 2.15. The highest BCUT2D eigenvalue weighted by atomic mass is 16.2. The number of hydrogen-bond acceptors (Lipinski definition) is 2. The number of benzene rings is 1. The first-order valence-corrected chi connectivity index (χ1v) is 5.82. The van der Waals surface area contributed by atoms with Crippen LogP contribution in [0, 0.1) is 0 Å². The summed E-state index contributed by atoms with van der Waals surface area (Å²) in [6, 6.07) is 6.75. The van der Waals surface area contributed by atoms with Crippen molar-refractivity contribution < 1.29 is 5.11 Å². The monoisotopic (exact) mass is 205 g/mol. The van der Waals surface area contributed by atoms with Gasteiger partial charge in [-0.25, -0.2) is 0 Å². The van der Waals surface area contributed by atoms with Crippen LogP contribution in [0.2, 0.25) is 0 Å². The highest BCUT2D eigenvalue weighted by molar-refractivity contribution is 5.33. The molecule has 2 heteroatoms. The number of aliphatic hydroxyl groups is 1. The summed E-state index contributed by atoms with van der Waals surface area (Å²) in [5, 5.41) is 12.2. The smallest absolute Gasteiger partial charge is 0.0434 e. The summed E-state index contributed by atoms with van der Waals surface area (Å²) < 4.78 is 0. The molecular formula is C13H19NO. The third kappa shape index (κ3) is 2.80. The predicted molar refractivity (Wildman–Crippen MR) is 61.9 cm³/mol. The molecule has 82 valence electrons. The summed E-state index contributed by atoms with van der Waals surface area (Å²) in [4.78, 5) is 0. The van der Waals surface area contributed by atoms with Gasteiger partial charge in [-0.05, 0) is 48.9 Å². The highest BCUT2D eigenvalue weighted by Gasteiger charge is 2.07. The Morgan fingerprint density at radius 1 is 1.27 bits per heavy atom. The summed E-state index contributed by atoms with van der Waals surface area (Å²) in [5.74, 6) is 0. The normalized spacial score (nSPS) is 15.8. The van der Waals surface area contributed by atoms with Gasteiger partial charge in [0.25, 0.3) is 0 Å². The van der Waals surface area contributed by atoms with E-state index in [0.29, 0.717) is 6.61 Å². The SMILES string of the molecule is OCCCc1ccc2c(c1)CCCNC2. The van der Waals surface area contributed by atoms with Crippen molar-refractivity contribution in [2.45, 2.75) is 32.2 Å². The highest BCUT2D eigenvalue weighted by Crippen LogP contribution is 2.17. The molecule has 0 spiro atoms. The zero-order valence-corrected chi connectivity index (χ0v) is 9.13. The molecule has 0 unspecified atom stereocenters. The van der Waals surface area contributed by atoms with Crippen LogP contribution in [0.5, 0.6) is 0 Å². The van der Waals surface area contributed by atoms with Gasteiger partial charge in [-0.2, -0.15) is 0 Å². The van der Waals surface area contributed by atoms with E-state index in [9.17, 15) is 0 Å². The number of aliphatic hydroxyl groups excluding tert-OH is 1. The van der Waals surface area contributed by atoms with E-state index in [1.165, 1.54) is 29.5 Å². The van der Waals surface area contributed by atoms with E-state index >= 15 is 0 Å². The minimum absolute atomic E-state index is 0.290. The van der Waals surface area contributed by atoms with Gasteiger partial charge in [0.1, 0.15) is 0 Å². The molecule has 0 radical (unpaired) electrons. The van der Waals surface area contributed by atoms with Crippen molar-refractivity contribution in [3.8, 4) is 0 Å². The molecule has 15 heavy (non-hydrogen) atoms. The van der Waals surface area contributed by atoms with E-state index in [4.69, 9.17) is 5.11 Å². The Balaban J connectivity index is 2.13. The Kier molecular flexibility index (Phi) is 3.75. The quantitative estimate of drug-likeness (QED) is 0.786. The van der Waals surface area contributed by atoms with Crippen LogP contribution in [0.4, 0.5) is 0 Å². The lowest BCUT2D eigenvalue weighted by atomic mass is 9.99. The van der Waals surface area contributed by atoms with Crippen molar-refractivity contribution in [1.29, 1.82) is 0 Å². The standard InChI is InChI=1S/C13H19NO/c15-8-2-3-11-5-6-13-10-14-7-1-4-12(13)9-11/h5-6,9,14-15H,1-4,7-8,10H2. The van der Waals surface area contributed by atoms with Crippen molar-refractivity contribution in [2.75, 3.05) is 13.2 Å². The average Bonchev–Trinajstić information content (AvgIpc) is 2.50. The maximum Gasteiger partial charge on any atom is 0.0434 e. The molecule has 0 amide bonds. The van der Waals surface area contributed by atoms with Crippen molar-refractivity contribution in [3.63, 3.8) is 0 Å². The van der Waals surface area contributed by atoms with Crippen LogP contribution in [-0.4, -0.2) is 18.3 Å². The van der Waals surface area contributed by atoms with Gasteiger partial charge < -0.3 is 10.4 Å². The zero-order valence-electron chi connectivity index (χ0n) is 9.13. The van der Waals surface area contributed by atoms with Gasteiger partial charge in [0.15, 0.2) is 0 Å². The molecule has 0 aliphatic carbocycles. The third-order valence-electron chi connectivity index (χ3n) is 3.01. The molecule has 0 saturated carbocycles. The maximum absolute atomic E-state index is 8.80. The number of hydrogen-bond donors (Lipinski definition) is 2. The molecule has 2 nitrogen and oxygen atoms in total. The van der Waals surface area contributed by atoms with Gasteiger partial charge in [-0.1, -0.05) is 18.2 Å². The van der Waals surface area contributed by atoms with Crippen molar-refractivity contribution >= 4 is 0 Å². The number of aryl methyl sites for hydroxylation is 2. The van der Waals surface area contributed by atoms with Crippen LogP contribution in [0.1, 0.15) is 29.5 Å². The van der Waals surface area contributed by atoms with E-state index in [2.05, 4.69) is 23.5 Å². The largest absolute Gasteiger partial charge is 0.396 e. The topological polar surface area (TPSA) is 32.3 Å². The van der Waals surface area contributed by atoms with Gasteiger partial charge in [-0.15, -0.1) is 0 Å². The van der Waals surface area contributed by atoms with E-state index in [1.807, 2.05) is 0 Å². The molecule has 1 aliphatic rings. The molecule has 0 fully saturated rings. The van der Waals surface area contributed by atoms with Gasteiger partial charge in [0.2, 0.25) is 0 Å². The molecule has 0 atom stereocenters. The molecule has 1 aliphatic heterocycles. The summed E-state index contributed by atoms with van der Waals surface area (Å²) in [5.41, 5.74) is 4.31. The van der Waals surface area contributed by atoms with E-state index in [1.54, 1.807) is 0 Å². The lowest BCUT2D eigenvalue weighted by Gasteiger charge is -2.08. The van der Waals surface area contributed by atoms with Crippen molar-refractivity contribution in [1.82, 2.24) is 5.32 Å². The van der Waals surface area contributed by atoms with Gasteiger partial charge in [0.05, 0.1) is 0 Å². The van der Waals surface area contributed by atoms with Crippen molar-refractivity contribution in [3.05, 3.63) is 34.9 Å². The minimum atomic E-state index is 0.290. The molecule has 2 rings (SSSR count). The molecule has 2 N–H and O–H groups in total. The fraction of sp³-hybridized carbons (Fsp3) is 0.538. The zero-order chi connectivity index (χ0) is 10.5. The second-order valence-corrected chi connectivity index (χ2v) is 4.21. The average molecular weight is 205 g/mol. The van der Waals surface area contributed by atoms with Crippen LogP contribution < -0.4 is 5.32 Å². The Bertz CT molecular complexity index is 322. The van der Waals surface area contributed by atoms with Gasteiger partial charge in [0, 0.05) is 13.2 Å². The van der Waals surface area contributed by atoms with E-state index in [-0.39, 0.29) is 0 Å². The molecule has 1 heterocycles. The summed E-state index contributed by atoms with van der Waals surface area (Å²) in [6.45, 7) is 2.43. The first kappa shape index (κ1) is 10.7.